The molecule has 3 rings (SSSR count). The highest BCUT2D eigenvalue weighted by Crippen LogP contribution is 2.31. The van der Waals surface area contributed by atoms with E-state index in [2.05, 4.69) is 18.9 Å². The van der Waals surface area contributed by atoms with Crippen LogP contribution in [-0.2, 0) is 0 Å². The monoisotopic (exact) mass is 431 g/mol. The van der Waals surface area contributed by atoms with Crippen LogP contribution in [0.5, 0.6) is 5.75 Å². The first-order valence-electron chi connectivity index (χ1n) is 11.9. The van der Waals surface area contributed by atoms with E-state index in [0.29, 0.717) is 17.9 Å². The van der Waals surface area contributed by atoms with Crippen LogP contribution < -0.4 is 9.64 Å². The largest absolute Gasteiger partial charge is 0.488 e. The molecular weight excluding hydrogens is 390 g/mol. The standard InChI is InChI=1S/C25H41N3O3/c1-18-14-28(19(2)17-29)25(30)22-13-21(26(3)4)11-12-23(22)31-24(18)16-27(5)15-20-9-7-6-8-10-20/h11-13,18-20,24,29H,6-10,14-17H2,1-5H3/t18-,19-,24-/m0/s1. The van der Waals surface area contributed by atoms with E-state index in [1.807, 2.05) is 49.0 Å². The van der Waals surface area contributed by atoms with Crippen LogP contribution in [0.25, 0.3) is 0 Å². The lowest BCUT2D eigenvalue weighted by molar-refractivity contribution is 0.0330. The first-order valence-corrected chi connectivity index (χ1v) is 11.9. The Morgan fingerprint density at radius 1 is 1.16 bits per heavy atom. The van der Waals surface area contributed by atoms with E-state index >= 15 is 0 Å². The van der Waals surface area contributed by atoms with E-state index in [1.165, 1.54) is 32.1 Å². The average molecular weight is 432 g/mol. The highest BCUT2D eigenvalue weighted by molar-refractivity contribution is 5.98. The Bertz CT molecular complexity index is 733. The number of aliphatic hydroxyl groups excluding tert-OH is 1. The molecule has 1 heterocycles. The Hall–Kier alpha value is -1.79. The van der Waals surface area contributed by atoms with Crippen LogP contribution in [0, 0.1) is 11.8 Å². The lowest BCUT2D eigenvalue weighted by Gasteiger charge is -2.39. The number of benzene rings is 1. The number of carbonyl (C=O) groups is 1. The summed E-state index contributed by atoms with van der Waals surface area (Å²) >= 11 is 0. The second-order valence-corrected chi connectivity index (χ2v) is 9.92. The highest BCUT2D eigenvalue weighted by atomic mass is 16.5. The maximum atomic E-state index is 13.4. The summed E-state index contributed by atoms with van der Waals surface area (Å²) in [4.78, 5) is 19.6. The summed E-state index contributed by atoms with van der Waals surface area (Å²) < 4.78 is 6.51. The van der Waals surface area contributed by atoms with E-state index in [-0.39, 0.29) is 30.6 Å². The maximum Gasteiger partial charge on any atom is 0.258 e. The van der Waals surface area contributed by atoms with Gasteiger partial charge in [0.15, 0.2) is 0 Å². The fourth-order valence-corrected chi connectivity index (χ4v) is 4.90. The van der Waals surface area contributed by atoms with Crippen molar-refractivity contribution in [3.05, 3.63) is 23.8 Å². The summed E-state index contributed by atoms with van der Waals surface area (Å²) in [7, 11) is 6.13. The van der Waals surface area contributed by atoms with Gasteiger partial charge in [-0.05, 0) is 50.9 Å². The molecule has 1 aromatic carbocycles. The first kappa shape index (κ1) is 23.9. The molecule has 0 radical (unpaired) electrons. The molecule has 0 saturated heterocycles. The van der Waals surface area contributed by atoms with Gasteiger partial charge in [-0.25, -0.2) is 0 Å². The van der Waals surface area contributed by atoms with Gasteiger partial charge in [0.25, 0.3) is 5.91 Å². The molecule has 0 aromatic heterocycles. The Morgan fingerprint density at radius 3 is 2.52 bits per heavy atom. The van der Waals surface area contributed by atoms with Gasteiger partial charge in [-0.1, -0.05) is 26.2 Å². The van der Waals surface area contributed by atoms with Crippen LogP contribution in [0.2, 0.25) is 0 Å². The third-order valence-corrected chi connectivity index (χ3v) is 6.95. The van der Waals surface area contributed by atoms with Crippen LogP contribution >= 0.6 is 0 Å². The first-order chi connectivity index (χ1) is 14.8. The minimum Gasteiger partial charge on any atom is -0.488 e. The second-order valence-electron chi connectivity index (χ2n) is 9.92. The van der Waals surface area contributed by atoms with Crippen molar-refractivity contribution in [3.8, 4) is 5.75 Å². The van der Waals surface area contributed by atoms with Crippen molar-refractivity contribution in [1.82, 2.24) is 9.80 Å². The molecule has 6 nitrogen and oxygen atoms in total. The minimum absolute atomic E-state index is 0.0148. The molecule has 1 fully saturated rings. The number of likely N-dealkylation sites (N-methyl/N-ethyl adjacent to an activating group) is 1. The van der Waals surface area contributed by atoms with Gasteiger partial charge in [0.05, 0.1) is 18.2 Å². The Kier molecular flexibility index (Phi) is 8.23. The summed E-state index contributed by atoms with van der Waals surface area (Å²) in [5.41, 5.74) is 1.55. The molecule has 31 heavy (non-hydrogen) atoms. The predicted octanol–water partition coefficient (Wildman–Crippen LogP) is 3.48. The van der Waals surface area contributed by atoms with Crippen LogP contribution in [0.1, 0.15) is 56.3 Å². The molecule has 3 atom stereocenters. The number of amides is 1. The Balaban J connectivity index is 1.84. The molecule has 6 heteroatoms. The molecule has 0 spiro atoms. The van der Waals surface area contributed by atoms with E-state index in [0.717, 1.165) is 24.7 Å². The zero-order valence-corrected chi connectivity index (χ0v) is 20.0. The molecule has 1 saturated carbocycles. The number of nitrogens with zero attached hydrogens (tertiary/aromatic N) is 3. The van der Waals surface area contributed by atoms with Gasteiger partial charge >= 0.3 is 0 Å². The number of ether oxygens (including phenoxy) is 1. The molecule has 0 bridgehead atoms. The maximum absolute atomic E-state index is 13.4. The number of carbonyl (C=O) groups excluding carboxylic acids is 1. The van der Waals surface area contributed by atoms with Crippen LogP contribution in [0.15, 0.2) is 18.2 Å². The third kappa shape index (κ3) is 5.92. The van der Waals surface area contributed by atoms with Gasteiger partial charge in [-0.3, -0.25) is 4.79 Å². The SMILES string of the molecule is C[C@H]1CN([C@@H](C)CO)C(=O)c2cc(N(C)C)ccc2O[C@H]1CN(C)CC1CCCCC1. The molecule has 174 valence electrons. The molecule has 0 unspecified atom stereocenters. The van der Waals surface area contributed by atoms with Gasteiger partial charge in [0.1, 0.15) is 11.9 Å². The van der Waals surface area contributed by atoms with Crippen molar-refractivity contribution in [2.45, 2.75) is 58.1 Å². The summed E-state index contributed by atoms with van der Waals surface area (Å²) in [5, 5.41) is 9.80. The molecule has 2 aliphatic rings. The van der Waals surface area contributed by atoms with E-state index < -0.39 is 0 Å². The topological polar surface area (TPSA) is 56.3 Å². The summed E-state index contributed by atoms with van der Waals surface area (Å²) in [6, 6.07) is 5.61. The number of rotatable bonds is 7. The van der Waals surface area contributed by atoms with Crippen LogP contribution in [0.4, 0.5) is 5.69 Å². The van der Waals surface area contributed by atoms with Crippen LogP contribution in [-0.4, -0.2) is 80.3 Å². The van der Waals surface area contributed by atoms with E-state index in [1.54, 1.807) is 0 Å². The normalized spacial score (nSPS) is 23.7. The number of hydrogen-bond acceptors (Lipinski definition) is 5. The predicted molar refractivity (Wildman–Crippen MR) is 126 cm³/mol. The zero-order chi connectivity index (χ0) is 22.5. The zero-order valence-electron chi connectivity index (χ0n) is 20.0. The number of anilines is 1. The van der Waals surface area contributed by atoms with Crippen molar-refractivity contribution in [1.29, 1.82) is 0 Å². The Labute approximate surface area is 188 Å². The van der Waals surface area contributed by atoms with Gasteiger partial charge in [-0.15, -0.1) is 0 Å². The van der Waals surface area contributed by atoms with Crippen molar-refractivity contribution in [3.63, 3.8) is 0 Å². The van der Waals surface area contributed by atoms with Crippen molar-refractivity contribution < 1.29 is 14.6 Å². The number of aliphatic hydroxyl groups is 1. The molecule has 1 aliphatic heterocycles. The summed E-state index contributed by atoms with van der Waals surface area (Å²) in [5.74, 6) is 1.52. The van der Waals surface area contributed by atoms with Crippen molar-refractivity contribution in [2.75, 3.05) is 52.3 Å². The summed E-state index contributed by atoms with van der Waals surface area (Å²) in [6.07, 6.45) is 6.73. The highest BCUT2D eigenvalue weighted by Gasteiger charge is 2.33. The average Bonchev–Trinajstić information content (AvgIpc) is 2.75. The number of hydrogen-bond donors (Lipinski definition) is 1. The second kappa shape index (κ2) is 10.7. The quantitative estimate of drug-likeness (QED) is 0.716. The van der Waals surface area contributed by atoms with E-state index in [4.69, 9.17) is 4.74 Å². The van der Waals surface area contributed by atoms with Gasteiger partial charge < -0.3 is 24.5 Å². The van der Waals surface area contributed by atoms with Gasteiger partial charge in [0.2, 0.25) is 0 Å². The van der Waals surface area contributed by atoms with E-state index in [9.17, 15) is 9.90 Å². The minimum atomic E-state index is -0.232. The lowest BCUT2D eigenvalue weighted by atomic mass is 9.89. The number of fused-ring (bicyclic) bond motifs is 1. The van der Waals surface area contributed by atoms with Gasteiger partial charge in [-0.2, -0.15) is 0 Å². The van der Waals surface area contributed by atoms with Crippen LogP contribution in [0.3, 0.4) is 0 Å². The molecular formula is C25H41N3O3. The Morgan fingerprint density at radius 2 is 1.87 bits per heavy atom. The van der Waals surface area contributed by atoms with Crippen molar-refractivity contribution >= 4 is 11.6 Å². The fraction of sp³-hybridized carbons (Fsp3) is 0.720. The lowest BCUT2D eigenvalue weighted by Crippen LogP contribution is -2.50. The molecule has 1 amide bonds. The summed E-state index contributed by atoms with van der Waals surface area (Å²) in [6.45, 7) is 6.54. The van der Waals surface area contributed by atoms with Crippen molar-refractivity contribution in [2.24, 2.45) is 11.8 Å². The van der Waals surface area contributed by atoms with Gasteiger partial charge in [0, 0.05) is 45.3 Å². The molecule has 1 aliphatic carbocycles. The fourth-order valence-electron chi connectivity index (χ4n) is 4.90. The smallest absolute Gasteiger partial charge is 0.258 e. The molecule has 1 aromatic rings. The molecule has 1 N–H and O–H groups in total. The third-order valence-electron chi connectivity index (χ3n) is 6.95.